The summed E-state index contributed by atoms with van der Waals surface area (Å²) in [5.41, 5.74) is 5.87. The second-order valence-electron chi connectivity index (χ2n) is 4.96. The maximum atomic E-state index is 12.9. The van der Waals surface area contributed by atoms with E-state index in [9.17, 15) is 18.8 Å². The van der Waals surface area contributed by atoms with E-state index in [1.165, 1.54) is 31.2 Å². The Hall–Kier alpha value is -2.44. The Bertz CT molecular complexity index is 545. The molecule has 1 aromatic rings. The minimum atomic E-state index is -0.864. The molecule has 0 aliphatic rings. The van der Waals surface area contributed by atoms with Gasteiger partial charge in [-0.15, -0.1) is 0 Å². The van der Waals surface area contributed by atoms with Crippen molar-refractivity contribution in [1.82, 2.24) is 10.6 Å². The summed E-state index contributed by atoms with van der Waals surface area (Å²) in [6.45, 7) is 3.00. The van der Waals surface area contributed by atoms with E-state index >= 15 is 0 Å². The Morgan fingerprint density at radius 2 is 1.73 bits per heavy atom. The van der Waals surface area contributed by atoms with Crippen LogP contribution in [0.15, 0.2) is 24.3 Å². The van der Waals surface area contributed by atoms with Crippen molar-refractivity contribution in [2.45, 2.75) is 38.8 Å². The molecular formula is C15H20FN3O3. The molecule has 0 spiro atoms. The summed E-state index contributed by atoms with van der Waals surface area (Å²) in [5, 5.41) is 5.02. The fraction of sp³-hybridized carbons (Fsp3) is 0.400. The van der Waals surface area contributed by atoms with Crippen LogP contribution >= 0.6 is 0 Å². The van der Waals surface area contributed by atoms with Crippen LogP contribution in [0.25, 0.3) is 0 Å². The molecule has 1 aromatic carbocycles. The van der Waals surface area contributed by atoms with Crippen LogP contribution in [0.1, 0.15) is 25.8 Å². The average molecular weight is 309 g/mol. The highest BCUT2D eigenvalue weighted by Gasteiger charge is 2.24. The number of nitrogens with one attached hydrogen (secondary N) is 2. The van der Waals surface area contributed by atoms with Crippen molar-refractivity contribution in [3.63, 3.8) is 0 Å². The number of carbonyl (C=O) groups excluding carboxylic acids is 3. The van der Waals surface area contributed by atoms with E-state index in [-0.39, 0.29) is 18.1 Å². The largest absolute Gasteiger partial charge is 0.368 e. The molecule has 7 heteroatoms. The third kappa shape index (κ3) is 5.51. The predicted molar refractivity (Wildman–Crippen MR) is 79.1 cm³/mol. The van der Waals surface area contributed by atoms with Gasteiger partial charge in [-0.25, -0.2) is 4.39 Å². The lowest BCUT2D eigenvalue weighted by molar-refractivity contribution is -0.130. The van der Waals surface area contributed by atoms with Crippen LogP contribution in [0.2, 0.25) is 0 Å². The standard InChI is InChI=1S/C15H20FN3O3/c1-3-12(14(17)21)19-15(22)13(18-9(2)20)8-10-4-6-11(16)7-5-10/h4-7,12-13H,3,8H2,1-2H3,(H2,17,21)(H,18,20)(H,19,22)/t12-,13+/m0/s1. The average Bonchev–Trinajstić information content (AvgIpc) is 2.45. The lowest BCUT2D eigenvalue weighted by Crippen LogP contribution is -2.53. The molecule has 0 aromatic heterocycles. The topological polar surface area (TPSA) is 101 Å². The molecule has 0 unspecified atom stereocenters. The first kappa shape index (κ1) is 17.6. The Morgan fingerprint density at radius 1 is 1.14 bits per heavy atom. The summed E-state index contributed by atoms with van der Waals surface area (Å²) in [7, 11) is 0. The Balaban J connectivity index is 2.82. The molecule has 0 radical (unpaired) electrons. The summed E-state index contributed by atoms with van der Waals surface area (Å²) in [4.78, 5) is 34.7. The van der Waals surface area contributed by atoms with Gasteiger partial charge in [-0.2, -0.15) is 0 Å². The summed E-state index contributed by atoms with van der Waals surface area (Å²) in [5.74, 6) is -1.91. The van der Waals surface area contributed by atoms with Crippen LogP contribution in [0.4, 0.5) is 4.39 Å². The minimum Gasteiger partial charge on any atom is -0.368 e. The maximum Gasteiger partial charge on any atom is 0.243 e. The molecule has 0 fully saturated rings. The maximum absolute atomic E-state index is 12.9. The lowest BCUT2D eigenvalue weighted by Gasteiger charge is -2.21. The predicted octanol–water partition coefficient (Wildman–Crippen LogP) is 0.253. The molecule has 2 atom stereocenters. The number of hydrogen-bond donors (Lipinski definition) is 3. The van der Waals surface area contributed by atoms with Gasteiger partial charge in [0.15, 0.2) is 0 Å². The quantitative estimate of drug-likeness (QED) is 0.673. The van der Waals surface area contributed by atoms with Crippen molar-refractivity contribution in [3.8, 4) is 0 Å². The summed E-state index contributed by atoms with van der Waals surface area (Å²) in [6, 6.07) is 3.95. The van der Waals surface area contributed by atoms with E-state index < -0.39 is 23.9 Å². The Kier molecular flexibility index (Phi) is 6.49. The van der Waals surface area contributed by atoms with Gasteiger partial charge < -0.3 is 16.4 Å². The monoisotopic (exact) mass is 309 g/mol. The summed E-state index contributed by atoms with van der Waals surface area (Å²) < 4.78 is 12.9. The zero-order valence-corrected chi connectivity index (χ0v) is 12.6. The number of hydrogen-bond acceptors (Lipinski definition) is 3. The van der Waals surface area contributed by atoms with Crippen molar-refractivity contribution in [3.05, 3.63) is 35.6 Å². The second kappa shape index (κ2) is 8.11. The van der Waals surface area contributed by atoms with Gasteiger partial charge in [0.2, 0.25) is 17.7 Å². The van der Waals surface area contributed by atoms with Crippen molar-refractivity contribution in [2.75, 3.05) is 0 Å². The molecular weight excluding hydrogens is 289 g/mol. The highest BCUT2D eigenvalue weighted by molar-refractivity contribution is 5.91. The van der Waals surface area contributed by atoms with Gasteiger partial charge in [0.05, 0.1) is 0 Å². The van der Waals surface area contributed by atoms with Crippen LogP contribution in [-0.2, 0) is 20.8 Å². The smallest absolute Gasteiger partial charge is 0.243 e. The van der Waals surface area contributed by atoms with Crippen molar-refractivity contribution >= 4 is 17.7 Å². The number of nitrogens with two attached hydrogens (primary N) is 1. The molecule has 0 saturated carbocycles. The molecule has 120 valence electrons. The molecule has 0 bridgehead atoms. The first-order valence-electron chi connectivity index (χ1n) is 6.94. The van der Waals surface area contributed by atoms with Crippen LogP contribution in [-0.4, -0.2) is 29.8 Å². The fourth-order valence-electron chi connectivity index (χ4n) is 1.96. The molecule has 0 aliphatic carbocycles. The molecule has 1 rings (SSSR count). The Morgan fingerprint density at radius 3 is 2.18 bits per heavy atom. The highest BCUT2D eigenvalue weighted by atomic mass is 19.1. The summed E-state index contributed by atoms with van der Waals surface area (Å²) >= 11 is 0. The van der Waals surface area contributed by atoms with E-state index in [0.717, 1.165) is 0 Å². The Labute approximate surface area is 128 Å². The molecule has 3 amide bonds. The van der Waals surface area contributed by atoms with E-state index in [0.29, 0.717) is 12.0 Å². The van der Waals surface area contributed by atoms with Gasteiger partial charge in [0.1, 0.15) is 17.9 Å². The second-order valence-corrected chi connectivity index (χ2v) is 4.96. The van der Waals surface area contributed by atoms with Gasteiger partial charge >= 0.3 is 0 Å². The number of carbonyl (C=O) groups is 3. The van der Waals surface area contributed by atoms with Crippen LogP contribution in [0, 0.1) is 5.82 Å². The van der Waals surface area contributed by atoms with Gasteiger partial charge in [-0.1, -0.05) is 19.1 Å². The number of halogens is 1. The van der Waals surface area contributed by atoms with E-state index in [4.69, 9.17) is 5.73 Å². The number of benzene rings is 1. The van der Waals surface area contributed by atoms with Crippen molar-refractivity contribution in [1.29, 1.82) is 0 Å². The lowest BCUT2D eigenvalue weighted by atomic mass is 10.0. The first-order valence-corrected chi connectivity index (χ1v) is 6.94. The molecule has 0 saturated heterocycles. The van der Waals surface area contributed by atoms with Crippen molar-refractivity contribution < 1.29 is 18.8 Å². The third-order valence-corrected chi connectivity index (χ3v) is 3.12. The summed E-state index contributed by atoms with van der Waals surface area (Å²) in [6.07, 6.45) is 0.533. The van der Waals surface area contributed by atoms with E-state index in [1.54, 1.807) is 6.92 Å². The van der Waals surface area contributed by atoms with Gasteiger partial charge in [0, 0.05) is 13.3 Å². The molecule has 6 nitrogen and oxygen atoms in total. The molecule has 0 heterocycles. The van der Waals surface area contributed by atoms with Gasteiger partial charge in [-0.05, 0) is 24.1 Å². The zero-order chi connectivity index (χ0) is 16.7. The first-order chi connectivity index (χ1) is 10.3. The molecule has 4 N–H and O–H groups in total. The molecule has 22 heavy (non-hydrogen) atoms. The van der Waals surface area contributed by atoms with Crippen LogP contribution in [0.5, 0.6) is 0 Å². The third-order valence-electron chi connectivity index (χ3n) is 3.12. The van der Waals surface area contributed by atoms with E-state index in [2.05, 4.69) is 10.6 Å². The molecule has 0 aliphatic heterocycles. The number of rotatable bonds is 7. The van der Waals surface area contributed by atoms with Crippen LogP contribution in [0.3, 0.4) is 0 Å². The SMILES string of the molecule is CC[C@H](NC(=O)[C@@H](Cc1ccc(F)cc1)NC(C)=O)C(N)=O. The normalized spacial score (nSPS) is 13.0. The van der Waals surface area contributed by atoms with Gasteiger partial charge in [0.25, 0.3) is 0 Å². The van der Waals surface area contributed by atoms with E-state index in [1.807, 2.05) is 0 Å². The number of amides is 3. The van der Waals surface area contributed by atoms with Crippen LogP contribution < -0.4 is 16.4 Å². The number of primary amides is 1. The zero-order valence-electron chi connectivity index (χ0n) is 12.6. The van der Waals surface area contributed by atoms with Gasteiger partial charge in [-0.3, -0.25) is 14.4 Å². The minimum absolute atomic E-state index is 0.181. The van der Waals surface area contributed by atoms with Crippen molar-refractivity contribution in [2.24, 2.45) is 5.73 Å². The highest BCUT2D eigenvalue weighted by Crippen LogP contribution is 2.07. The fourth-order valence-corrected chi connectivity index (χ4v) is 1.96.